The minimum atomic E-state index is 0.493. The van der Waals surface area contributed by atoms with Crippen molar-refractivity contribution in [3.8, 4) is 6.07 Å². The molecule has 3 aromatic rings. The molecule has 2 unspecified atom stereocenters. The van der Waals surface area contributed by atoms with Crippen LogP contribution in [0.25, 0.3) is 16.8 Å². The van der Waals surface area contributed by atoms with Crippen LogP contribution < -0.4 is 0 Å². The first-order valence-electron chi connectivity index (χ1n) is 13.9. The summed E-state index contributed by atoms with van der Waals surface area (Å²) in [6.45, 7) is 5.38. The van der Waals surface area contributed by atoms with Crippen molar-refractivity contribution in [2.75, 3.05) is 6.54 Å². The number of nitrogens with zero attached hydrogens (tertiary/aromatic N) is 2. The lowest BCUT2D eigenvalue weighted by molar-refractivity contribution is 0.438. The van der Waals surface area contributed by atoms with Crippen molar-refractivity contribution in [3.63, 3.8) is 0 Å². The third-order valence-electron chi connectivity index (χ3n) is 8.51. The Kier molecular flexibility index (Phi) is 6.26. The molecule has 2 heteroatoms. The van der Waals surface area contributed by atoms with E-state index in [2.05, 4.69) is 68.5 Å². The van der Waals surface area contributed by atoms with Crippen LogP contribution in [0.1, 0.15) is 97.6 Å². The van der Waals surface area contributed by atoms with Gasteiger partial charge >= 0.3 is 0 Å². The van der Waals surface area contributed by atoms with Crippen LogP contribution in [0.5, 0.6) is 0 Å². The molecular formula is C34H36N2. The lowest BCUT2D eigenvalue weighted by Crippen LogP contribution is -2.24. The third kappa shape index (κ3) is 4.53. The molecule has 182 valence electrons. The van der Waals surface area contributed by atoms with Gasteiger partial charge in [0.1, 0.15) is 0 Å². The van der Waals surface area contributed by atoms with E-state index in [0.29, 0.717) is 23.7 Å². The Morgan fingerprint density at radius 2 is 1.78 bits per heavy atom. The number of fused-ring (bicyclic) bond motifs is 2. The molecule has 1 heterocycles. The topological polar surface area (TPSA) is 36.1 Å². The molecule has 0 aromatic heterocycles. The minimum Gasteiger partial charge on any atom is -0.288 e. The summed E-state index contributed by atoms with van der Waals surface area (Å²) in [4.78, 5) is 5.07. The molecule has 36 heavy (non-hydrogen) atoms. The third-order valence-corrected chi connectivity index (χ3v) is 8.51. The van der Waals surface area contributed by atoms with Gasteiger partial charge in [0.15, 0.2) is 0 Å². The summed E-state index contributed by atoms with van der Waals surface area (Å²) >= 11 is 0. The predicted molar refractivity (Wildman–Crippen MR) is 151 cm³/mol. The highest BCUT2D eigenvalue weighted by Crippen LogP contribution is 2.55. The highest BCUT2D eigenvalue weighted by Gasteiger charge is 2.40. The van der Waals surface area contributed by atoms with E-state index in [9.17, 15) is 5.26 Å². The molecule has 3 aliphatic rings. The molecule has 0 N–H and O–H groups in total. The molecule has 2 atom stereocenters. The predicted octanol–water partition coefficient (Wildman–Crippen LogP) is 8.58. The second-order valence-electron chi connectivity index (χ2n) is 11.5. The summed E-state index contributed by atoms with van der Waals surface area (Å²) in [6, 6.07) is 20.5. The monoisotopic (exact) mass is 472 g/mol. The molecular weight excluding hydrogens is 436 g/mol. The fourth-order valence-electron chi connectivity index (χ4n) is 6.45. The van der Waals surface area contributed by atoms with E-state index >= 15 is 0 Å². The largest absolute Gasteiger partial charge is 0.288 e. The number of nitriles is 1. The second kappa shape index (κ2) is 9.70. The number of rotatable bonds is 5. The van der Waals surface area contributed by atoms with Crippen molar-refractivity contribution in [2.24, 2.45) is 16.8 Å². The van der Waals surface area contributed by atoms with Crippen molar-refractivity contribution in [1.82, 2.24) is 0 Å². The van der Waals surface area contributed by atoms with E-state index in [1.54, 1.807) is 0 Å². The molecule has 2 saturated carbocycles. The number of hydrogen-bond donors (Lipinski definition) is 0. The molecule has 2 aliphatic carbocycles. The van der Waals surface area contributed by atoms with Gasteiger partial charge in [0, 0.05) is 18.2 Å². The molecule has 2 nitrogen and oxygen atoms in total. The van der Waals surface area contributed by atoms with E-state index in [4.69, 9.17) is 4.99 Å². The van der Waals surface area contributed by atoms with E-state index in [1.165, 1.54) is 82.8 Å². The number of benzene rings is 3. The molecule has 0 radical (unpaired) electrons. The fourth-order valence-corrected chi connectivity index (χ4v) is 6.45. The van der Waals surface area contributed by atoms with Crippen LogP contribution in [0.2, 0.25) is 0 Å². The standard InChI is InChI=1S/C34H36N2/c1-22(2)8-10-26-17-29(18-27-11-9-23(21-35)16-30(26)27)32-20-31(32)28-13-12-24-14-15-36-34(33(24)19-28)25-6-4-3-5-7-25/h8-13,16-19,22,25,31-32H,3-7,14-15,20H2,1-2H3/b10-8+. The average molecular weight is 473 g/mol. The van der Waals surface area contributed by atoms with Crippen LogP contribution in [0.15, 0.2) is 59.6 Å². The van der Waals surface area contributed by atoms with Crippen molar-refractivity contribution in [1.29, 1.82) is 5.26 Å². The van der Waals surface area contributed by atoms with Gasteiger partial charge in [-0.1, -0.05) is 75.6 Å². The lowest BCUT2D eigenvalue weighted by Gasteiger charge is -2.27. The molecule has 0 saturated heterocycles. The van der Waals surface area contributed by atoms with Crippen LogP contribution in [-0.2, 0) is 6.42 Å². The smallest absolute Gasteiger partial charge is 0.0991 e. The van der Waals surface area contributed by atoms with Gasteiger partial charge in [-0.2, -0.15) is 5.26 Å². The molecule has 1 aliphatic heterocycles. The highest BCUT2D eigenvalue weighted by molar-refractivity contribution is 6.04. The van der Waals surface area contributed by atoms with Crippen molar-refractivity contribution in [3.05, 3.63) is 88.0 Å². The Hall–Kier alpha value is -3.18. The molecule has 2 fully saturated rings. The Labute approximate surface area is 215 Å². The van der Waals surface area contributed by atoms with E-state index in [1.807, 2.05) is 12.1 Å². The van der Waals surface area contributed by atoms with Crippen LogP contribution >= 0.6 is 0 Å². The maximum absolute atomic E-state index is 9.43. The zero-order valence-electron chi connectivity index (χ0n) is 21.6. The van der Waals surface area contributed by atoms with Crippen LogP contribution in [0.4, 0.5) is 0 Å². The van der Waals surface area contributed by atoms with Crippen LogP contribution in [0.3, 0.4) is 0 Å². The Morgan fingerprint density at radius 1 is 0.944 bits per heavy atom. The maximum Gasteiger partial charge on any atom is 0.0991 e. The summed E-state index contributed by atoms with van der Waals surface area (Å²) in [5.74, 6) is 2.31. The number of hydrogen-bond acceptors (Lipinski definition) is 2. The molecule has 6 rings (SSSR count). The SMILES string of the molecule is CC(C)/C=C/c1cc(C2CC2c2ccc3c(c2)C(C2CCCCC2)=NCC3)cc2ccc(C#N)cc12. The van der Waals surface area contributed by atoms with Gasteiger partial charge in [0.05, 0.1) is 11.6 Å². The maximum atomic E-state index is 9.43. The normalized spacial score (nSPS) is 22.0. The van der Waals surface area contributed by atoms with Crippen molar-refractivity contribution >= 4 is 22.6 Å². The van der Waals surface area contributed by atoms with Gasteiger partial charge in [0.25, 0.3) is 0 Å². The number of aliphatic imine (C=N–C) groups is 1. The fraction of sp³-hybridized carbons (Fsp3) is 0.412. The first-order valence-corrected chi connectivity index (χ1v) is 13.9. The average Bonchev–Trinajstić information content (AvgIpc) is 3.72. The zero-order chi connectivity index (χ0) is 24.6. The summed E-state index contributed by atoms with van der Waals surface area (Å²) in [7, 11) is 0. The van der Waals surface area contributed by atoms with Gasteiger partial charge in [-0.25, -0.2) is 0 Å². The second-order valence-corrected chi connectivity index (χ2v) is 11.5. The van der Waals surface area contributed by atoms with Crippen molar-refractivity contribution in [2.45, 2.75) is 70.6 Å². The Morgan fingerprint density at radius 3 is 2.58 bits per heavy atom. The first-order chi connectivity index (χ1) is 17.6. The van der Waals surface area contributed by atoms with Crippen LogP contribution in [0, 0.1) is 23.2 Å². The van der Waals surface area contributed by atoms with Gasteiger partial charge in [-0.3, -0.25) is 4.99 Å². The lowest BCUT2D eigenvalue weighted by atomic mass is 9.80. The Bertz CT molecular complexity index is 1390. The first kappa shape index (κ1) is 23.2. The van der Waals surface area contributed by atoms with Crippen LogP contribution in [-0.4, -0.2) is 12.3 Å². The molecule has 0 spiro atoms. The molecule has 3 aromatic carbocycles. The number of allylic oxidation sites excluding steroid dienone is 1. The summed E-state index contributed by atoms with van der Waals surface area (Å²) in [6.07, 6.45) is 13.5. The quantitative estimate of drug-likeness (QED) is 0.366. The summed E-state index contributed by atoms with van der Waals surface area (Å²) < 4.78 is 0. The van der Waals surface area contributed by atoms with Gasteiger partial charge in [-0.05, 0) is 100 Å². The van der Waals surface area contributed by atoms with E-state index < -0.39 is 0 Å². The minimum absolute atomic E-state index is 0.493. The van der Waals surface area contributed by atoms with Gasteiger partial charge in [0.2, 0.25) is 0 Å². The van der Waals surface area contributed by atoms with Gasteiger partial charge in [-0.15, -0.1) is 0 Å². The van der Waals surface area contributed by atoms with Gasteiger partial charge < -0.3 is 0 Å². The van der Waals surface area contributed by atoms with Crippen molar-refractivity contribution < 1.29 is 0 Å². The molecule has 0 bridgehead atoms. The molecule has 0 amide bonds. The van der Waals surface area contributed by atoms with E-state index in [-0.39, 0.29) is 0 Å². The zero-order valence-corrected chi connectivity index (χ0v) is 21.6. The Balaban J connectivity index is 1.32. The van der Waals surface area contributed by atoms with E-state index in [0.717, 1.165) is 18.5 Å². The summed E-state index contributed by atoms with van der Waals surface area (Å²) in [5, 5.41) is 11.8. The highest BCUT2D eigenvalue weighted by atomic mass is 14.8. The summed E-state index contributed by atoms with van der Waals surface area (Å²) in [5.41, 5.74) is 9.25.